The van der Waals surface area contributed by atoms with E-state index in [9.17, 15) is 17.6 Å². The van der Waals surface area contributed by atoms with E-state index < -0.39 is 21.9 Å². The van der Waals surface area contributed by atoms with Crippen molar-refractivity contribution >= 4 is 38.9 Å². The van der Waals surface area contributed by atoms with Gasteiger partial charge in [0.05, 0.1) is 24.1 Å². The second-order valence-corrected chi connectivity index (χ2v) is 11.6. The number of hydrogen-bond donors (Lipinski definition) is 0. The molecule has 1 aliphatic heterocycles. The molecule has 192 valence electrons. The number of hydrogen-bond acceptors (Lipinski definition) is 6. The van der Waals surface area contributed by atoms with Gasteiger partial charge in [-0.15, -0.1) is 11.3 Å². The molecule has 2 heterocycles. The first kappa shape index (κ1) is 26.6. The summed E-state index contributed by atoms with van der Waals surface area (Å²) in [7, 11) is -2.52. The highest BCUT2D eigenvalue weighted by Crippen LogP contribution is 2.34. The number of rotatable bonds is 10. The summed E-state index contributed by atoms with van der Waals surface area (Å²) in [5.41, 5.74) is 0.930. The van der Waals surface area contributed by atoms with Crippen molar-refractivity contribution < 1.29 is 27.1 Å². The number of fused-ring (bicyclic) bond motifs is 1. The van der Waals surface area contributed by atoms with Crippen LogP contribution >= 0.6 is 22.9 Å². The second-order valence-electron chi connectivity index (χ2n) is 8.18. The smallest absolute Gasteiger partial charge is 0.243 e. The molecule has 1 atom stereocenters. The van der Waals surface area contributed by atoms with Gasteiger partial charge in [-0.3, -0.25) is 4.79 Å². The van der Waals surface area contributed by atoms with Gasteiger partial charge in [-0.2, -0.15) is 4.31 Å². The van der Waals surface area contributed by atoms with E-state index in [0.29, 0.717) is 18.0 Å². The number of para-hydroxylation sites is 1. The van der Waals surface area contributed by atoms with E-state index in [0.717, 1.165) is 14.7 Å². The molecule has 1 unspecified atom stereocenters. The molecule has 36 heavy (non-hydrogen) atoms. The predicted molar refractivity (Wildman–Crippen MR) is 136 cm³/mol. The zero-order valence-corrected chi connectivity index (χ0v) is 22.0. The van der Waals surface area contributed by atoms with Crippen LogP contribution in [-0.4, -0.2) is 63.5 Å². The minimum atomic E-state index is -3.98. The fourth-order valence-corrected chi connectivity index (χ4v) is 6.51. The van der Waals surface area contributed by atoms with Gasteiger partial charge in [0.1, 0.15) is 6.61 Å². The van der Waals surface area contributed by atoms with Crippen molar-refractivity contribution in [2.45, 2.75) is 17.4 Å². The number of sulfonamides is 1. The maximum Gasteiger partial charge on any atom is 0.243 e. The van der Waals surface area contributed by atoms with E-state index in [2.05, 4.69) is 0 Å². The quantitative estimate of drug-likeness (QED) is 0.373. The lowest BCUT2D eigenvalue weighted by Crippen LogP contribution is -2.48. The van der Waals surface area contributed by atoms with E-state index in [-0.39, 0.29) is 42.9 Å². The van der Waals surface area contributed by atoms with Crippen molar-refractivity contribution in [3.05, 3.63) is 81.3 Å². The highest BCUT2D eigenvalue weighted by Gasteiger charge is 2.35. The summed E-state index contributed by atoms with van der Waals surface area (Å²) in [5.74, 6) is -0.765. The van der Waals surface area contributed by atoms with Crippen molar-refractivity contribution in [3.8, 4) is 5.75 Å². The molecule has 0 aliphatic carbocycles. The molecule has 1 aromatic heterocycles. The molecule has 0 saturated heterocycles. The largest absolute Gasteiger partial charge is 0.488 e. The summed E-state index contributed by atoms with van der Waals surface area (Å²) in [6.45, 7) is 0.189. The monoisotopic (exact) mass is 552 g/mol. The van der Waals surface area contributed by atoms with Crippen LogP contribution in [0.4, 0.5) is 4.39 Å². The van der Waals surface area contributed by atoms with E-state index in [1.54, 1.807) is 28.4 Å². The summed E-state index contributed by atoms with van der Waals surface area (Å²) in [4.78, 5) is 16.3. The lowest BCUT2D eigenvalue weighted by molar-refractivity contribution is -0.135. The molecular weight excluding hydrogens is 527 g/mol. The molecule has 0 spiro atoms. The van der Waals surface area contributed by atoms with Crippen molar-refractivity contribution in [3.63, 3.8) is 0 Å². The molecule has 1 amide bonds. The Bertz CT molecular complexity index is 1300. The number of thiophene rings is 1. The second kappa shape index (κ2) is 11.7. The molecule has 4 rings (SSSR count). The maximum absolute atomic E-state index is 14.1. The van der Waals surface area contributed by atoms with Crippen LogP contribution in [0, 0.1) is 5.82 Å². The summed E-state index contributed by atoms with van der Waals surface area (Å²) >= 11 is 7.51. The average Bonchev–Trinajstić information content (AvgIpc) is 3.35. The molecule has 0 fully saturated rings. The fraction of sp³-hybridized carbons (Fsp3) is 0.320. The van der Waals surface area contributed by atoms with Crippen LogP contribution in [-0.2, 0) is 26.0 Å². The fourth-order valence-electron chi connectivity index (χ4n) is 4.08. The Balaban J connectivity index is 1.57. The van der Waals surface area contributed by atoms with Crippen LogP contribution in [0.2, 0.25) is 5.02 Å². The number of carbonyl (C=O) groups excluding carboxylic acids is 1. The van der Waals surface area contributed by atoms with Crippen LogP contribution in [0.5, 0.6) is 5.75 Å². The first-order valence-corrected chi connectivity index (χ1v) is 14.0. The van der Waals surface area contributed by atoms with Crippen LogP contribution in [0.25, 0.3) is 0 Å². The highest BCUT2D eigenvalue weighted by molar-refractivity contribution is 7.89. The lowest BCUT2D eigenvalue weighted by atomic mass is 10.0. The van der Waals surface area contributed by atoms with Crippen molar-refractivity contribution in [2.24, 2.45) is 0 Å². The van der Waals surface area contributed by atoms with E-state index in [4.69, 9.17) is 21.1 Å². The Hall–Kier alpha value is -2.50. The molecule has 0 saturated carbocycles. The summed E-state index contributed by atoms with van der Waals surface area (Å²) in [6, 6.07) is 13.3. The number of amides is 1. The first-order chi connectivity index (χ1) is 17.3. The third-order valence-corrected chi connectivity index (χ3v) is 9.06. The highest BCUT2D eigenvalue weighted by atomic mass is 35.5. The third kappa shape index (κ3) is 5.90. The normalized spacial score (nSPS) is 15.7. The van der Waals surface area contributed by atoms with Gasteiger partial charge in [-0.25, -0.2) is 12.8 Å². The number of halogens is 2. The van der Waals surface area contributed by atoms with Gasteiger partial charge in [0.25, 0.3) is 0 Å². The van der Waals surface area contributed by atoms with Gasteiger partial charge >= 0.3 is 0 Å². The molecule has 0 bridgehead atoms. The summed E-state index contributed by atoms with van der Waals surface area (Å²) < 4.78 is 52.8. The maximum atomic E-state index is 14.1. The molecule has 0 radical (unpaired) electrons. The Labute approximate surface area is 219 Å². The predicted octanol–water partition coefficient (Wildman–Crippen LogP) is 4.38. The van der Waals surface area contributed by atoms with E-state index >= 15 is 0 Å². The van der Waals surface area contributed by atoms with Crippen molar-refractivity contribution in [2.75, 3.05) is 40.0 Å². The van der Waals surface area contributed by atoms with Gasteiger partial charge in [0.2, 0.25) is 15.9 Å². The Kier molecular flexibility index (Phi) is 8.63. The topological polar surface area (TPSA) is 76.2 Å². The first-order valence-electron chi connectivity index (χ1n) is 11.3. The molecular formula is C25H26ClFN2O5S2. The SMILES string of the molecule is COCCN(CC(=O)N1CCc2sccc2C1COc1ccccc1F)S(=O)(=O)c1ccc(Cl)cc1. The van der Waals surface area contributed by atoms with E-state index in [1.165, 1.54) is 43.5 Å². The van der Waals surface area contributed by atoms with Crippen molar-refractivity contribution in [1.29, 1.82) is 0 Å². The Morgan fingerprint density at radius 3 is 2.67 bits per heavy atom. The molecule has 2 aromatic carbocycles. The van der Waals surface area contributed by atoms with Gasteiger partial charge in [0.15, 0.2) is 11.6 Å². The lowest BCUT2D eigenvalue weighted by Gasteiger charge is -2.37. The van der Waals surface area contributed by atoms with Crippen LogP contribution in [0.15, 0.2) is 64.9 Å². The van der Waals surface area contributed by atoms with Crippen LogP contribution < -0.4 is 4.74 Å². The Morgan fingerprint density at radius 2 is 1.94 bits per heavy atom. The number of nitrogens with zero attached hydrogens (tertiary/aromatic N) is 2. The zero-order valence-electron chi connectivity index (χ0n) is 19.6. The standard InChI is InChI=1S/C25H26ClFN2O5S2/c1-33-14-13-28(36(31,32)19-8-6-18(26)7-9-19)16-25(30)29-12-10-24-20(11-15-35-24)22(29)17-34-23-5-3-2-4-21(23)27/h2-9,11,15,22H,10,12-14,16-17H2,1H3. The van der Waals surface area contributed by atoms with Gasteiger partial charge < -0.3 is 14.4 Å². The number of methoxy groups -OCH3 is 1. The van der Waals surface area contributed by atoms with E-state index in [1.807, 2.05) is 11.4 Å². The third-order valence-electron chi connectivity index (χ3n) is 5.96. The molecule has 11 heteroatoms. The van der Waals surface area contributed by atoms with Gasteiger partial charge in [-0.1, -0.05) is 23.7 Å². The summed E-state index contributed by atoms with van der Waals surface area (Å²) in [6.07, 6.45) is 0.650. The number of ether oxygens (including phenoxy) is 2. The average molecular weight is 553 g/mol. The molecule has 7 nitrogen and oxygen atoms in total. The minimum absolute atomic E-state index is 0.00113. The Morgan fingerprint density at radius 1 is 1.19 bits per heavy atom. The summed E-state index contributed by atoms with van der Waals surface area (Å²) in [5, 5.41) is 2.36. The molecule has 3 aromatic rings. The van der Waals surface area contributed by atoms with Crippen molar-refractivity contribution in [1.82, 2.24) is 9.21 Å². The van der Waals surface area contributed by atoms with Crippen LogP contribution in [0.1, 0.15) is 16.5 Å². The van der Waals surface area contributed by atoms with Gasteiger partial charge in [-0.05, 0) is 59.8 Å². The minimum Gasteiger partial charge on any atom is -0.488 e. The molecule has 0 N–H and O–H groups in total. The number of carbonyl (C=O) groups is 1. The zero-order chi connectivity index (χ0) is 25.7. The van der Waals surface area contributed by atoms with Crippen LogP contribution in [0.3, 0.4) is 0 Å². The number of benzene rings is 2. The molecule has 1 aliphatic rings. The van der Waals surface area contributed by atoms with Gasteiger partial charge in [0, 0.05) is 30.1 Å².